The van der Waals surface area contributed by atoms with Crippen LogP contribution in [0.2, 0.25) is 0 Å². The van der Waals surface area contributed by atoms with Crippen molar-refractivity contribution in [2.75, 3.05) is 26.2 Å². The fourth-order valence-corrected chi connectivity index (χ4v) is 3.46. The van der Waals surface area contributed by atoms with Crippen LogP contribution in [0.15, 0.2) is 36.4 Å². The molecular formula is C23H23F3N2O5. The highest BCUT2D eigenvalue weighted by Gasteiger charge is 2.27. The van der Waals surface area contributed by atoms with Crippen molar-refractivity contribution in [2.24, 2.45) is 5.92 Å². The van der Waals surface area contributed by atoms with Crippen molar-refractivity contribution in [3.63, 3.8) is 0 Å². The molecule has 1 saturated heterocycles. The normalized spacial score (nSPS) is 14.0. The number of carbonyl (C=O) groups is 3. The Labute approximate surface area is 188 Å². The van der Waals surface area contributed by atoms with Crippen LogP contribution in [0, 0.1) is 23.4 Å². The van der Waals surface area contributed by atoms with Gasteiger partial charge in [-0.1, -0.05) is 0 Å². The molecule has 1 aliphatic heterocycles. The first kappa shape index (κ1) is 24.1. The lowest BCUT2D eigenvalue weighted by atomic mass is 9.96. The number of halogens is 3. The maximum Gasteiger partial charge on any atom is 0.513 e. The number of hydrogen-bond acceptors (Lipinski definition) is 5. The number of rotatable bonds is 6. The van der Waals surface area contributed by atoms with Crippen LogP contribution < -0.4 is 10.1 Å². The van der Waals surface area contributed by atoms with Crippen molar-refractivity contribution < 1.29 is 37.0 Å². The Morgan fingerprint density at radius 2 is 1.67 bits per heavy atom. The number of nitrogens with zero attached hydrogens (tertiary/aromatic N) is 1. The molecule has 1 fully saturated rings. The van der Waals surface area contributed by atoms with Crippen molar-refractivity contribution in [1.82, 2.24) is 10.2 Å². The smallest absolute Gasteiger partial charge is 0.434 e. The van der Waals surface area contributed by atoms with E-state index in [0.717, 1.165) is 12.1 Å². The topological polar surface area (TPSA) is 84.9 Å². The summed E-state index contributed by atoms with van der Waals surface area (Å²) in [6, 6.07) is 7.65. The summed E-state index contributed by atoms with van der Waals surface area (Å²) in [6.45, 7) is 2.83. The molecule has 2 aromatic carbocycles. The molecule has 1 N–H and O–H groups in total. The van der Waals surface area contributed by atoms with Gasteiger partial charge in [0.1, 0.15) is 5.75 Å². The van der Waals surface area contributed by atoms with E-state index in [4.69, 9.17) is 4.74 Å². The number of amides is 2. The fraction of sp³-hybridized carbons (Fsp3) is 0.348. The van der Waals surface area contributed by atoms with Crippen LogP contribution in [0.3, 0.4) is 0 Å². The van der Waals surface area contributed by atoms with Gasteiger partial charge in [-0.3, -0.25) is 9.59 Å². The minimum Gasteiger partial charge on any atom is -0.434 e. The summed E-state index contributed by atoms with van der Waals surface area (Å²) in [5, 5.41) is 2.82. The first-order valence-electron chi connectivity index (χ1n) is 10.5. The molecule has 3 rings (SSSR count). The van der Waals surface area contributed by atoms with Crippen molar-refractivity contribution >= 4 is 18.0 Å². The van der Waals surface area contributed by atoms with Crippen LogP contribution in [-0.2, 0) is 4.74 Å². The third kappa shape index (κ3) is 6.03. The van der Waals surface area contributed by atoms with Crippen molar-refractivity contribution in [2.45, 2.75) is 19.8 Å². The second-order valence-corrected chi connectivity index (χ2v) is 7.48. The van der Waals surface area contributed by atoms with Gasteiger partial charge in [0, 0.05) is 25.2 Å². The Bertz CT molecular complexity index is 1020. The fourth-order valence-electron chi connectivity index (χ4n) is 3.46. The summed E-state index contributed by atoms with van der Waals surface area (Å²) >= 11 is 0. The SMILES string of the molecule is CCOC(=O)Oc1ccc(C(=O)NCC2CCN(C(=O)c3ccc(F)c(F)c3F)CC2)cc1. The number of benzene rings is 2. The first-order valence-corrected chi connectivity index (χ1v) is 10.5. The molecule has 176 valence electrons. The Morgan fingerprint density at radius 1 is 1.00 bits per heavy atom. The Balaban J connectivity index is 1.46. The molecule has 7 nitrogen and oxygen atoms in total. The van der Waals surface area contributed by atoms with Gasteiger partial charge in [0.15, 0.2) is 17.5 Å². The highest BCUT2D eigenvalue weighted by atomic mass is 19.2. The van der Waals surface area contributed by atoms with Crippen LogP contribution in [-0.4, -0.2) is 49.1 Å². The second-order valence-electron chi connectivity index (χ2n) is 7.48. The molecule has 0 saturated carbocycles. The van der Waals surface area contributed by atoms with Crippen LogP contribution in [0.25, 0.3) is 0 Å². The summed E-state index contributed by atoms with van der Waals surface area (Å²) in [5.74, 6) is -5.16. The van der Waals surface area contributed by atoms with E-state index >= 15 is 0 Å². The van der Waals surface area contributed by atoms with Crippen LogP contribution >= 0.6 is 0 Å². The number of likely N-dealkylation sites (tertiary alicyclic amines) is 1. The molecule has 0 aliphatic carbocycles. The summed E-state index contributed by atoms with van der Waals surface area (Å²) in [7, 11) is 0. The molecule has 1 aliphatic rings. The summed E-state index contributed by atoms with van der Waals surface area (Å²) in [5.41, 5.74) is -0.122. The van der Waals surface area contributed by atoms with E-state index in [2.05, 4.69) is 10.1 Å². The van der Waals surface area contributed by atoms with Gasteiger partial charge in [0.25, 0.3) is 11.8 Å². The van der Waals surface area contributed by atoms with E-state index in [9.17, 15) is 27.6 Å². The van der Waals surface area contributed by atoms with E-state index in [1.807, 2.05) is 0 Å². The number of ether oxygens (including phenoxy) is 2. The van der Waals surface area contributed by atoms with Gasteiger partial charge in [-0.25, -0.2) is 18.0 Å². The van der Waals surface area contributed by atoms with Crippen LogP contribution in [0.5, 0.6) is 5.75 Å². The number of nitrogens with one attached hydrogen (secondary N) is 1. The number of piperidine rings is 1. The second kappa shape index (κ2) is 10.8. The van der Waals surface area contributed by atoms with Gasteiger partial charge >= 0.3 is 6.16 Å². The minimum atomic E-state index is -1.67. The molecule has 0 spiro atoms. The quantitative estimate of drug-likeness (QED) is 0.398. The third-order valence-electron chi connectivity index (χ3n) is 5.30. The summed E-state index contributed by atoms with van der Waals surface area (Å²) in [4.78, 5) is 37.5. The molecule has 10 heteroatoms. The maximum absolute atomic E-state index is 13.9. The first-order chi connectivity index (χ1) is 15.8. The predicted molar refractivity (Wildman–Crippen MR) is 111 cm³/mol. The molecule has 2 amide bonds. The van der Waals surface area contributed by atoms with Gasteiger partial charge in [-0.05, 0) is 62.1 Å². The molecule has 2 aromatic rings. The van der Waals surface area contributed by atoms with E-state index < -0.39 is 35.1 Å². The average molecular weight is 464 g/mol. The molecule has 0 unspecified atom stereocenters. The maximum atomic E-state index is 13.9. The number of carbonyl (C=O) groups excluding carboxylic acids is 3. The minimum absolute atomic E-state index is 0.0965. The molecular weight excluding hydrogens is 441 g/mol. The van der Waals surface area contributed by atoms with Crippen molar-refractivity contribution in [3.8, 4) is 5.75 Å². The molecule has 33 heavy (non-hydrogen) atoms. The van der Waals surface area contributed by atoms with E-state index in [0.29, 0.717) is 38.0 Å². The molecule has 0 radical (unpaired) electrons. The molecule has 0 bridgehead atoms. The predicted octanol–water partition coefficient (Wildman–Crippen LogP) is 3.92. The van der Waals surface area contributed by atoms with Gasteiger partial charge in [0.2, 0.25) is 0 Å². The number of hydrogen-bond donors (Lipinski definition) is 1. The molecule has 0 aromatic heterocycles. The third-order valence-corrected chi connectivity index (χ3v) is 5.30. The Kier molecular flexibility index (Phi) is 7.92. The van der Waals surface area contributed by atoms with Gasteiger partial charge in [-0.2, -0.15) is 0 Å². The zero-order chi connectivity index (χ0) is 24.0. The zero-order valence-electron chi connectivity index (χ0n) is 17.9. The van der Waals surface area contributed by atoms with E-state index in [1.165, 1.54) is 29.2 Å². The standard InChI is InChI=1S/C23H23F3N2O5/c1-2-32-23(31)33-16-5-3-15(4-6-16)21(29)27-13-14-9-11-28(12-10-14)22(30)17-7-8-18(24)20(26)19(17)25/h3-8,14H,2,9-13H2,1H3,(H,27,29). The lowest BCUT2D eigenvalue weighted by Crippen LogP contribution is -2.41. The monoisotopic (exact) mass is 464 g/mol. The summed E-state index contributed by atoms with van der Waals surface area (Å²) in [6.07, 6.45) is 0.291. The summed E-state index contributed by atoms with van der Waals surface area (Å²) < 4.78 is 50.0. The van der Waals surface area contributed by atoms with Crippen LogP contribution in [0.1, 0.15) is 40.5 Å². The lowest BCUT2D eigenvalue weighted by Gasteiger charge is -2.32. The van der Waals surface area contributed by atoms with Gasteiger partial charge < -0.3 is 19.7 Å². The highest BCUT2D eigenvalue weighted by Crippen LogP contribution is 2.22. The van der Waals surface area contributed by atoms with E-state index in [1.54, 1.807) is 6.92 Å². The lowest BCUT2D eigenvalue weighted by molar-refractivity contribution is 0.0678. The highest BCUT2D eigenvalue weighted by molar-refractivity contribution is 5.95. The molecule has 0 atom stereocenters. The molecule has 1 heterocycles. The van der Waals surface area contributed by atoms with Crippen LogP contribution in [0.4, 0.5) is 18.0 Å². The Morgan fingerprint density at radius 3 is 2.30 bits per heavy atom. The van der Waals surface area contributed by atoms with Crippen molar-refractivity contribution in [1.29, 1.82) is 0 Å². The largest absolute Gasteiger partial charge is 0.513 e. The Hall–Kier alpha value is -3.56. The zero-order valence-corrected chi connectivity index (χ0v) is 17.9. The average Bonchev–Trinajstić information content (AvgIpc) is 2.81. The van der Waals surface area contributed by atoms with E-state index in [-0.39, 0.29) is 24.2 Å². The van der Waals surface area contributed by atoms with Crippen molar-refractivity contribution in [3.05, 3.63) is 65.0 Å². The van der Waals surface area contributed by atoms with Gasteiger partial charge in [0.05, 0.1) is 12.2 Å². The van der Waals surface area contributed by atoms with Gasteiger partial charge in [-0.15, -0.1) is 0 Å².